The molecule has 1 heterocycles. The molecule has 0 saturated heterocycles. The molecule has 1 aromatic rings. The van der Waals surface area contributed by atoms with E-state index in [-0.39, 0.29) is 17.9 Å². The number of hydrogen-bond donors (Lipinski definition) is 1. The Morgan fingerprint density at radius 2 is 1.83 bits per heavy atom. The molecule has 1 aliphatic rings. The zero-order chi connectivity index (χ0) is 17.0. The summed E-state index contributed by atoms with van der Waals surface area (Å²) in [5.41, 5.74) is 1.57. The molecule has 2 rings (SSSR count). The average Bonchev–Trinajstić information content (AvgIpc) is 2.46. The largest absolute Gasteiger partial charge is 0.460 e. The monoisotopic (exact) mass is 319 g/mol. The van der Waals surface area contributed by atoms with E-state index in [9.17, 15) is 4.79 Å². The minimum atomic E-state index is -0.399. The van der Waals surface area contributed by atoms with Crippen molar-refractivity contribution in [2.24, 2.45) is 5.92 Å². The molecular weight excluding hydrogens is 290 g/mol. The number of esters is 1. The third-order valence-electron chi connectivity index (χ3n) is 4.28. The van der Waals surface area contributed by atoms with Crippen LogP contribution in [0.1, 0.15) is 70.8 Å². The van der Waals surface area contributed by atoms with Crippen molar-refractivity contribution in [3.63, 3.8) is 0 Å². The van der Waals surface area contributed by atoms with Crippen LogP contribution < -0.4 is 5.32 Å². The second kappa shape index (κ2) is 7.39. The summed E-state index contributed by atoms with van der Waals surface area (Å²) in [5.74, 6) is -0.00500. The van der Waals surface area contributed by atoms with E-state index >= 15 is 0 Å². The van der Waals surface area contributed by atoms with Crippen molar-refractivity contribution in [2.45, 2.75) is 78.0 Å². The number of nitrogens with zero attached hydrogens (tertiary/aromatic N) is 2. The average molecular weight is 319 g/mol. The Bertz CT molecular complexity index is 531. The number of carbonyl (C=O) groups is 1. The fourth-order valence-corrected chi connectivity index (χ4v) is 3.16. The molecule has 1 aromatic heterocycles. The van der Waals surface area contributed by atoms with Gasteiger partial charge in [-0.2, -0.15) is 0 Å². The van der Waals surface area contributed by atoms with Crippen molar-refractivity contribution < 1.29 is 9.53 Å². The maximum atomic E-state index is 12.1. The van der Waals surface area contributed by atoms with Crippen molar-refractivity contribution >= 4 is 5.97 Å². The quantitative estimate of drug-likeness (QED) is 0.862. The molecule has 1 N–H and O–H groups in total. The van der Waals surface area contributed by atoms with Crippen LogP contribution in [-0.2, 0) is 9.53 Å². The van der Waals surface area contributed by atoms with Crippen LogP contribution in [-0.4, -0.2) is 27.6 Å². The summed E-state index contributed by atoms with van der Waals surface area (Å²) in [6, 6.07) is 0.594. The Morgan fingerprint density at radius 3 is 2.39 bits per heavy atom. The lowest BCUT2D eigenvalue weighted by molar-refractivity contribution is -0.161. The van der Waals surface area contributed by atoms with Crippen LogP contribution in [0.4, 0.5) is 0 Å². The van der Waals surface area contributed by atoms with Crippen molar-refractivity contribution in [3.05, 3.63) is 23.8 Å². The SMILES string of the molecule is Cc1nccnc1C(C)NC1CCC(C(=O)OC(C)(C)C)CC1. The predicted octanol–water partition coefficient (Wildman–Crippen LogP) is 3.34. The molecule has 0 amide bonds. The summed E-state index contributed by atoms with van der Waals surface area (Å²) >= 11 is 0. The predicted molar refractivity (Wildman–Crippen MR) is 89.9 cm³/mol. The highest BCUT2D eigenvalue weighted by molar-refractivity contribution is 5.73. The van der Waals surface area contributed by atoms with Crippen LogP contribution in [0.15, 0.2) is 12.4 Å². The fraction of sp³-hybridized carbons (Fsp3) is 0.722. The second-order valence-electron chi connectivity index (χ2n) is 7.50. The van der Waals surface area contributed by atoms with Crippen molar-refractivity contribution in [3.8, 4) is 0 Å². The molecule has 5 heteroatoms. The van der Waals surface area contributed by atoms with Gasteiger partial charge in [-0.15, -0.1) is 0 Å². The molecule has 1 atom stereocenters. The van der Waals surface area contributed by atoms with E-state index in [0.717, 1.165) is 37.1 Å². The highest BCUT2D eigenvalue weighted by atomic mass is 16.6. The normalized spacial score (nSPS) is 23.3. The number of aryl methyl sites for hydroxylation is 1. The van der Waals surface area contributed by atoms with Gasteiger partial charge in [0.05, 0.1) is 17.3 Å². The van der Waals surface area contributed by atoms with E-state index in [1.807, 2.05) is 27.7 Å². The van der Waals surface area contributed by atoms with Crippen LogP contribution in [0.3, 0.4) is 0 Å². The van der Waals surface area contributed by atoms with Crippen molar-refractivity contribution in [1.82, 2.24) is 15.3 Å². The van der Waals surface area contributed by atoms with Gasteiger partial charge < -0.3 is 10.1 Å². The van der Waals surface area contributed by atoms with E-state index in [2.05, 4.69) is 22.2 Å². The van der Waals surface area contributed by atoms with Gasteiger partial charge in [0.2, 0.25) is 0 Å². The van der Waals surface area contributed by atoms with Crippen LogP contribution in [0.25, 0.3) is 0 Å². The van der Waals surface area contributed by atoms with Crippen LogP contribution in [0.5, 0.6) is 0 Å². The summed E-state index contributed by atoms with van der Waals surface area (Å²) in [6.45, 7) is 9.87. The lowest BCUT2D eigenvalue weighted by Gasteiger charge is -2.31. The van der Waals surface area contributed by atoms with E-state index < -0.39 is 5.60 Å². The Kier molecular flexibility index (Phi) is 5.74. The molecule has 0 spiro atoms. The van der Waals surface area contributed by atoms with Gasteiger partial charge >= 0.3 is 5.97 Å². The smallest absolute Gasteiger partial charge is 0.309 e. The maximum absolute atomic E-state index is 12.1. The molecule has 1 saturated carbocycles. The lowest BCUT2D eigenvalue weighted by atomic mass is 9.85. The number of carbonyl (C=O) groups excluding carboxylic acids is 1. The molecule has 5 nitrogen and oxygen atoms in total. The lowest BCUT2D eigenvalue weighted by Crippen LogP contribution is -2.38. The molecule has 23 heavy (non-hydrogen) atoms. The first-order chi connectivity index (χ1) is 10.8. The van der Waals surface area contributed by atoms with Crippen LogP contribution >= 0.6 is 0 Å². The number of rotatable bonds is 4. The van der Waals surface area contributed by atoms with Gasteiger partial charge in [-0.25, -0.2) is 0 Å². The molecule has 0 radical (unpaired) electrons. The molecule has 0 aromatic carbocycles. The maximum Gasteiger partial charge on any atom is 0.309 e. The van der Waals surface area contributed by atoms with E-state index in [0.29, 0.717) is 6.04 Å². The highest BCUT2D eigenvalue weighted by Gasteiger charge is 2.30. The third kappa shape index (κ3) is 5.27. The summed E-state index contributed by atoms with van der Waals surface area (Å²) in [7, 11) is 0. The minimum absolute atomic E-state index is 0.0424. The molecule has 0 bridgehead atoms. The molecule has 1 fully saturated rings. The van der Waals surface area contributed by atoms with Gasteiger partial charge in [-0.3, -0.25) is 14.8 Å². The molecule has 0 aliphatic heterocycles. The zero-order valence-corrected chi connectivity index (χ0v) is 14.9. The molecule has 128 valence electrons. The summed E-state index contributed by atoms with van der Waals surface area (Å²) in [5, 5.41) is 3.63. The van der Waals surface area contributed by atoms with Gasteiger partial charge in [0.25, 0.3) is 0 Å². The molecular formula is C18H29N3O2. The second-order valence-corrected chi connectivity index (χ2v) is 7.50. The minimum Gasteiger partial charge on any atom is -0.460 e. The summed E-state index contributed by atoms with van der Waals surface area (Å²) in [6.07, 6.45) is 7.22. The first-order valence-electron chi connectivity index (χ1n) is 8.52. The number of aromatic nitrogens is 2. The number of nitrogens with one attached hydrogen (secondary N) is 1. The Morgan fingerprint density at radius 1 is 1.22 bits per heavy atom. The molecule has 1 unspecified atom stereocenters. The Balaban J connectivity index is 1.83. The first-order valence-corrected chi connectivity index (χ1v) is 8.52. The third-order valence-corrected chi connectivity index (χ3v) is 4.28. The van der Waals surface area contributed by atoms with E-state index in [1.165, 1.54) is 0 Å². The highest BCUT2D eigenvalue weighted by Crippen LogP contribution is 2.28. The number of ether oxygens (including phenoxy) is 1. The first kappa shape index (κ1) is 17.9. The topological polar surface area (TPSA) is 64.1 Å². The van der Waals surface area contributed by atoms with E-state index in [4.69, 9.17) is 4.74 Å². The Labute approximate surface area is 139 Å². The van der Waals surface area contributed by atoms with Crippen molar-refractivity contribution in [1.29, 1.82) is 0 Å². The number of hydrogen-bond acceptors (Lipinski definition) is 5. The molecule has 1 aliphatic carbocycles. The van der Waals surface area contributed by atoms with Gasteiger partial charge in [0.15, 0.2) is 0 Å². The standard InChI is InChI=1S/C18H29N3O2/c1-12-16(20-11-10-19-12)13(2)21-15-8-6-14(7-9-15)17(22)23-18(3,4)5/h10-11,13-15,21H,6-9H2,1-5H3. The summed E-state index contributed by atoms with van der Waals surface area (Å²) < 4.78 is 5.50. The zero-order valence-electron chi connectivity index (χ0n) is 14.9. The van der Waals surface area contributed by atoms with E-state index in [1.54, 1.807) is 12.4 Å². The van der Waals surface area contributed by atoms with Gasteiger partial charge in [-0.1, -0.05) is 0 Å². The van der Waals surface area contributed by atoms with Gasteiger partial charge in [0, 0.05) is 24.5 Å². The fourth-order valence-electron chi connectivity index (χ4n) is 3.16. The van der Waals surface area contributed by atoms with Crippen LogP contribution in [0, 0.1) is 12.8 Å². The van der Waals surface area contributed by atoms with Crippen LogP contribution in [0.2, 0.25) is 0 Å². The van der Waals surface area contributed by atoms with Crippen molar-refractivity contribution in [2.75, 3.05) is 0 Å². The van der Waals surface area contributed by atoms with Gasteiger partial charge in [0.1, 0.15) is 5.60 Å². The summed E-state index contributed by atoms with van der Waals surface area (Å²) in [4.78, 5) is 20.9. The Hall–Kier alpha value is -1.49. The van der Waals surface area contributed by atoms with Gasteiger partial charge in [-0.05, 0) is 60.3 Å².